The Morgan fingerprint density at radius 3 is 2.25 bits per heavy atom. The van der Waals surface area contributed by atoms with E-state index in [9.17, 15) is 0 Å². The molecule has 8 heavy (non-hydrogen) atoms. The predicted molar refractivity (Wildman–Crippen MR) is 37.6 cm³/mol. The largest absolute Gasteiger partial charge is 0.373 e. The number of nitrogens with zero attached hydrogens (tertiary/aromatic N) is 1. The van der Waals surface area contributed by atoms with Crippen LogP contribution >= 0.6 is 0 Å². The maximum atomic E-state index is 4.84. The van der Waals surface area contributed by atoms with Gasteiger partial charge in [0, 0.05) is 5.59 Å². The molecule has 0 atom stereocenters. The molecule has 0 aliphatic carbocycles. The van der Waals surface area contributed by atoms with E-state index < -0.39 is 0 Å². The lowest BCUT2D eigenvalue weighted by atomic mass is 9.93. The zero-order valence-electron chi connectivity index (χ0n) is 5.36. The lowest BCUT2D eigenvalue weighted by Crippen LogP contribution is -2.11. The van der Waals surface area contributed by atoms with Gasteiger partial charge in [0.2, 0.25) is 0 Å². The van der Waals surface area contributed by atoms with Crippen molar-refractivity contribution in [1.82, 2.24) is 5.16 Å². The highest BCUT2D eigenvalue weighted by Gasteiger charge is 1.99. The highest BCUT2D eigenvalue weighted by atomic mass is 16.5. The van der Waals surface area contributed by atoms with Crippen molar-refractivity contribution >= 4 is 26.9 Å². The number of aromatic nitrogens is 1. The lowest BCUT2D eigenvalue weighted by molar-refractivity contribution is 0.452. The van der Waals surface area contributed by atoms with Crippen LogP contribution in [0.3, 0.4) is 0 Å². The first kappa shape index (κ1) is 5.48. The third-order valence-corrected chi connectivity index (χ3v) is 1.39. The van der Waals surface area contributed by atoms with Crippen LogP contribution in [0.2, 0.25) is 0 Å². The van der Waals surface area contributed by atoms with Crippen LogP contribution in [0.15, 0.2) is 4.52 Å². The van der Waals surface area contributed by atoms with E-state index in [0.29, 0.717) is 0 Å². The quantitative estimate of drug-likeness (QED) is 0.342. The Labute approximate surface area is 50.1 Å². The van der Waals surface area contributed by atoms with Crippen LogP contribution in [0.1, 0.15) is 5.56 Å². The zero-order chi connectivity index (χ0) is 6.15. The molecule has 2 nitrogen and oxygen atoms in total. The Hall–Kier alpha value is -0.660. The van der Waals surface area contributed by atoms with Gasteiger partial charge in [-0.3, -0.25) is 0 Å². The normalized spacial score (nSPS) is 9.62. The fraction of sp³-hybridized carbons (Fsp3) is 0.250. The summed E-state index contributed by atoms with van der Waals surface area (Å²) in [6.07, 6.45) is 0. The summed E-state index contributed by atoms with van der Waals surface area (Å²) in [4.78, 5) is 0. The monoisotopic (exact) mass is 107 g/mol. The van der Waals surface area contributed by atoms with Gasteiger partial charge < -0.3 is 4.52 Å². The molecule has 1 rings (SSSR count). The summed E-state index contributed by atoms with van der Waals surface area (Å²) in [5.74, 6) is 0. The predicted octanol–water partition coefficient (Wildman–Crippen LogP) is -2.50. The van der Waals surface area contributed by atoms with Crippen molar-refractivity contribution < 1.29 is 4.52 Å². The van der Waals surface area contributed by atoms with Crippen molar-refractivity contribution in [2.45, 2.75) is 6.92 Å². The number of hydrogen-bond acceptors (Lipinski definition) is 2. The minimum Gasteiger partial charge on any atom is -0.373 e. The highest BCUT2D eigenvalue weighted by molar-refractivity contribution is 6.37. The molecule has 1 aromatic rings. The van der Waals surface area contributed by atoms with Crippen LogP contribution in [0, 0.1) is 6.92 Å². The summed E-state index contributed by atoms with van der Waals surface area (Å²) in [6, 6.07) is 0. The van der Waals surface area contributed by atoms with E-state index in [1.165, 1.54) is 0 Å². The Kier molecular flexibility index (Phi) is 1.16. The minimum atomic E-state index is 0.919. The van der Waals surface area contributed by atoms with Crippen LogP contribution < -0.4 is 11.3 Å². The molecular weight excluding hydrogens is 99.7 g/mol. The smallest absolute Gasteiger partial charge is 0.190 e. The Morgan fingerprint density at radius 2 is 2.12 bits per heavy atom. The maximum Gasteiger partial charge on any atom is 0.190 e. The minimum absolute atomic E-state index is 0.919. The molecule has 4 heteroatoms. The molecule has 0 amide bonds. The molecule has 0 radical (unpaired) electrons. The highest BCUT2D eigenvalue weighted by Crippen LogP contribution is 1.80. The second-order valence-electron chi connectivity index (χ2n) is 1.95. The molecule has 0 saturated heterocycles. The van der Waals surface area contributed by atoms with E-state index >= 15 is 0 Å². The van der Waals surface area contributed by atoms with E-state index in [1.54, 1.807) is 0 Å². The number of hydrogen-bond donors (Lipinski definition) is 0. The summed E-state index contributed by atoms with van der Waals surface area (Å²) in [7, 11) is 3.85. The first-order valence-corrected chi connectivity index (χ1v) is 2.61. The molecule has 0 saturated carbocycles. The van der Waals surface area contributed by atoms with Crippen LogP contribution in [0.4, 0.5) is 0 Å². The van der Waals surface area contributed by atoms with E-state index in [-0.39, 0.29) is 0 Å². The summed E-state index contributed by atoms with van der Waals surface area (Å²) in [5.41, 5.74) is 3.06. The van der Waals surface area contributed by atoms with Crippen molar-refractivity contribution in [2.24, 2.45) is 0 Å². The van der Waals surface area contributed by atoms with Gasteiger partial charge in [-0.15, -0.1) is 0 Å². The Bertz CT molecular complexity index is 176. The molecule has 0 aromatic carbocycles. The zero-order valence-corrected chi connectivity index (χ0v) is 5.36. The van der Waals surface area contributed by atoms with E-state index in [4.69, 9.17) is 4.52 Å². The van der Waals surface area contributed by atoms with Crippen molar-refractivity contribution in [1.29, 1.82) is 0 Å². The molecule has 0 aliphatic heterocycles. The lowest BCUT2D eigenvalue weighted by Gasteiger charge is -1.80. The van der Waals surface area contributed by atoms with Gasteiger partial charge in [0.25, 0.3) is 0 Å². The topological polar surface area (TPSA) is 26.0 Å². The molecule has 1 heterocycles. The van der Waals surface area contributed by atoms with Crippen molar-refractivity contribution in [3.05, 3.63) is 5.56 Å². The van der Waals surface area contributed by atoms with Crippen molar-refractivity contribution in [3.63, 3.8) is 0 Å². The first-order valence-electron chi connectivity index (χ1n) is 2.61. The third kappa shape index (κ3) is 0.660. The molecule has 0 N–H and O–H groups in total. The van der Waals surface area contributed by atoms with Gasteiger partial charge in [0.1, 0.15) is 0 Å². The van der Waals surface area contributed by atoms with Gasteiger partial charge in [0.15, 0.2) is 15.7 Å². The van der Waals surface area contributed by atoms with Gasteiger partial charge >= 0.3 is 0 Å². The summed E-state index contributed by atoms with van der Waals surface area (Å²) < 4.78 is 4.84. The van der Waals surface area contributed by atoms with E-state index in [0.717, 1.165) is 16.8 Å². The van der Waals surface area contributed by atoms with Gasteiger partial charge in [0.05, 0.1) is 5.66 Å². The average molecular weight is 107 g/mol. The van der Waals surface area contributed by atoms with Crippen LogP contribution in [-0.4, -0.2) is 20.8 Å². The van der Waals surface area contributed by atoms with Gasteiger partial charge in [-0.2, -0.15) is 0 Å². The fourth-order valence-electron chi connectivity index (χ4n) is 0.529. The van der Waals surface area contributed by atoms with E-state index in [1.807, 2.05) is 22.6 Å². The fourth-order valence-corrected chi connectivity index (χ4v) is 0.529. The molecule has 0 unspecified atom stereocenters. The summed E-state index contributed by atoms with van der Waals surface area (Å²) in [6.45, 7) is 2.00. The van der Waals surface area contributed by atoms with Crippen molar-refractivity contribution in [2.75, 3.05) is 0 Å². The molecular formula is C4H7B2NO. The van der Waals surface area contributed by atoms with Crippen LogP contribution in [0.25, 0.3) is 0 Å². The molecule has 40 valence electrons. The van der Waals surface area contributed by atoms with Gasteiger partial charge in [-0.05, 0) is 12.5 Å². The van der Waals surface area contributed by atoms with Crippen molar-refractivity contribution in [3.8, 4) is 0 Å². The standard InChI is InChI=1S/C4H7B2NO/c1-2-3(5)7-8-4(2)6/h5-6H2,1H3. The summed E-state index contributed by atoms with van der Waals surface area (Å²) >= 11 is 0. The first-order chi connectivity index (χ1) is 3.72. The van der Waals surface area contributed by atoms with Crippen LogP contribution in [0.5, 0.6) is 0 Å². The maximum absolute atomic E-state index is 4.84. The van der Waals surface area contributed by atoms with Gasteiger partial charge in [-0.1, -0.05) is 5.16 Å². The molecule has 1 aromatic heterocycles. The summed E-state index contributed by atoms with van der Waals surface area (Å²) in [5, 5.41) is 3.74. The second-order valence-corrected chi connectivity index (χ2v) is 1.95. The molecule has 0 spiro atoms. The molecule has 0 bridgehead atoms. The number of rotatable bonds is 0. The second kappa shape index (κ2) is 1.69. The Morgan fingerprint density at radius 1 is 1.50 bits per heavy atom. The molecule has 0 fully saturated rings. The SMILES string of the molecule is Bc1noc(B)c1C. The van der Waals surface area contributed by atoms with Crippen LogP contribution in [-0.2, 0) is 0 Å². The van der Waals surface area contributed by atoms with E-state index in [2.05, 4.69) is 5.16 Å². The average Bonchev–Trinajstić information content (AvgIpc) is 1.98. The third-order valence-electron chi connectivity index (χ3n) is 1.39. The van der Waals surface area contributed by atoms with Gasteiger partial charge in [-0.25, -0.2) is 0 Å². The Balaban J connectivity index is 3.19. The molecule has 0 aliphatic rings.